The first kappa shape index (κ1) is 15.6. The highest BCUT2D eigenvalue weighted by Crippen LogP contribution is 2.47. The smallest absolute Gasteiger partial charge is 0.228 e. The van der Waals surface area contributed by atoms with E-state index >= 15 is 0 Å². The van der Waals surface area contributed by atoms with Crippen LogP contribution in [-0.4, -0.2) is 17.6 Å². The molecule has 120 valence electrons. The highest BCUT2D eigenvalue weighted by Gasteiger charge is 2.43. The van der Waals surface area contributed by atoms with Gasteiger partial charge in [-0.25, -0.2) is 0 Å². The minimum Gasteiger partial charge on any atom is -0.494 e. The second kappa shape index (κ2) is 6.84. The van der Waals surface area contributed by atoms with Crippen molar-refractivity contribution >= 4 is 11.6 Å². The zero-order valence-corrected chi connectivity index (χ0v) is 13.2. The van der Waals surface area contributed by atoms with E-state index < -0.39 is 0 Å². The molecule has 1 saturated carbocycles. The molecule has 0 heterocycles. The average molecular weight is 311 g/mol. The molecule has 2 atom stereocenters. The van der Waals surface area contributed by atoms with E-state index in [4.69, 9.17) is 4.74 Å². The molecule has 0 radical (unpaired) electrons. The normalized spacial score (nSPS) is 19.2. The maximum Gasteiger partial charge on any atom is 0.228 e. The molecule has 2 aromatic rings. The summed E-state index contributed by atoms with van der Waals surface area (Å²) in [6, 6.07) is 15.5. The molecule has 1 aliphatic rings. The number of aliphatic hydroxyl groups excluding tert-OH is 1. The Labute approximate surface area is 136 Å². The fourth-order valence-electron chi connectivity index (χ4n) is 2.87. The third kappa shape index (κ3) is 3.54. The lowest BCUT2D eigenvalue weighted by Gasteiger charge is -2.11. The largest absolute Gasteiger partial charge is 0.494 e. The van der Waals surface area contributed by atoms with E-state index in [1.807, 2.05) is 31.2 Å². The molecule has 0 bridgehead atoms. The molecular weight excluding hydrogens is 290 g/mol. The van der Waals surface area contributed by atoms with Gasteiger partial charge in [-0.1, -0.05) is 30.3 Å². The second-order valence-corrected chi connectivity index (χ2v) is 5.76. The Kier molecular flexibility index (Phi) is 4.63. The minimum absolute atomic E-state index is 0.0292. The Morgan fingerprint density at radius 2 is 2.04 bits per heavy atom. The molecule has 2 aromatic carbocycles. The van der Waals surface area contributed by atoms with Crippen LogP contribution in [0.4, 0.5) is 5.69 Å². The second-order valence-electron chi connectivity index (χ2n) is 5.76. The van der Waals surface area contributed by atoms with Gasteiger partial charge < -0.3 is 15.2 Å². The van der Waals surface area contributed by atoms with Crippen LogP contribution in [0.3, 0.4) is 0 Å². The predicted octanol–water partition coefficient (Wildman–Crippen LogP) is 3.32. The number of nitrogens with one attached hydrogen (secondary N) is 1. The van der Waals surface area contributed by atoms with Gasteiger partial charge >= 0.3 is 0 Å². The topological polar surface area (TPSA) is 58.6 Å². The molecule has 0 spiro atoms. The molecule has 2 unspecified atom stereocenters. The number of carbonyl (C=O) groups excluding carboxylic acids is 1. The zero-order chi connectivity index (χ0) is 16.2. The summed E-state index contributed by atoms with van der Waals surface area (Å²) in [7, 11) is 0. The molecule has 2 N–H and O–H groups in total. The van der Waals surface area contributed by atoms with E-state index in [2.05, 4.69) is 17.4 Å². The quantitative estimate of drug-likeness (QED) is 0.860. The van der Waals surface area contributed by atoms with E-state index in [-0.39, 0.29) is 18.4 Å². The molecule has 0 saturated heterocycles. The summed E-state index contributed by atoms with van der Waals surface area (Å²) < 4.78 is 5.45. The van der Waals surface area contributed by atoms with Crippen molar-refractivity contribution in [3.05, 3.63) is 59.7 Å². The van der Waals surface area contributed by atoms with Crippen LogP contribution >= 0.6 is 0 Å². The molecule has 1 amide bonds. The fraction of sp³-hybridized carbons (Fsp3) is 0.316. The van der Waals surface area contributed by atoms with Gasteiger partial charge in [0.1, 0.15) is 5.75 Å². The summed E-state index contributed by atoms with van der Waals surface area (Å²) in [5, 5.41) is 12.4. The van der Waals surface area contributed by atoms with Crippen LogP contribution in [0.25, 0.3) is 0 Å². The molecule has 3 rings (SSSR count). The van der Waals surface area contributed by atoms with Crippen molar-refractivity contribution in [2.75, 3.05) is 11.9 Å². The Hall–Kier alpha value is -2.33. The van der Waals surface area contributed by atoms with E-state index in [1.165, 1.54) is 5.56 Å². The average Bonchev–Trinajstić information content (AvgIpc) is 3.38. The van der Waals surface area contributed by atoms with Crippen LogP contribution in [0.15, 0.2) is 48.5 Å². The van der Waals surface area contributed by atoms with Crippen LogP contribution in [-0.2, 0) is 11.4 Å². The first-order chi connectivity index (χ1) is 11.2. The molecule has 4 nitrogen and oxygen atoms in total. The third-order valence-corrected chi connectivity index (χ3v) is 4.15. The lowest BCUT2D eigenvalue weighted by atomic mass is 10.1. The molecule has 23 heavy (non-hydrogen) atoms. The SMILES string of the molecule is CCOc1ccc(NC(=O)C2CC2c2ccccc2)cc1CO. The van der Waals surface area contributed by atoms with E-state index in [0.717, 1.165) is 6.42 Å². The van der Waals surface area contributed by atoms with Crippen molar-refractivity contribution in [3.63, 3.8) is 0 Å². The molecule has 0 aliphatic heterocycles. The number of rotatable bonds is 6. The fourth-order valence-corrected chi connectivity index (χ4v) is 2.87. The molecule has 0 aromatic heterocycles. The summed E-state index contributed by atoms with van der Waals surface area (Å²) in [4.78, 5) is 12.4. The maximum absolute atomic E-state index is 12.4. The van der Waals surface area contributed by atoms with Crippen LogP contribution in [0.1, 0.15) is 30.4 Å². The Morgan fingerprint density at radius 3 is 2.74 bits per heavy atom. The van der Waals surface area contributed by atoms with Crippen LogP contribution < -0.4 is 10.1 Å². The van der Waals surface area contributed by atoms with Gasteiger partial charge in [-0.3, -0.25) is 4.79 Å². The Bertz CT molecular complexity index is 684. The molecule has 4 heteroatoms. The Morgan fingerprint density at radius 1 is 1.26 bits per heavy atom. The van der Waals surface area contributed by atoms with Gasteiger partial charge in [-0.15, -0.1) is 0 Å². The van der Waals surface area contributed by atoms with Crippen molar-refractivity contribution in [3.8, 4) is 5.75 Å². The number of benzene rings is 2. The zero-order valence-electron chi connectivity index (χ0n) is 13.2. The lowest BCUT2D eigenvalue weighted by Crippen LogP contribution is -2.14. The summed E-state index contributed by atoms with van der Waals surface area (Å²) in [6.07, 6.45) is 0.889. The summed E-state index contributed by atoms with van der Waals surface area (Å²) in [5.74, 6) is 1.03. The number of amides is 1. The van der Waals surface area contributed by atoms with Crippen LogP contribution in [0.2, 0.25) is 0 Å². The van der Waals surface area contributed by atoms with Gasteiger partial charge in [0.2, 0.25) is 5.91 Å². The number of hydrogen-bond acceptors (Lipinski definition) is 3. The van der Waals surface area contributed by atoms with Gasteiger partial charge in [0, 0.05) is 17.2 Å². The monoisotopic (exact) mass is 311 g/mol. The van der Waals surface area contributed by atoms with E-state index in [9.17, 15) is 9.90 Å². The molecule has 1 fully saturated rings. The van der Waals surface area contributed by atoms with Gasteiger partial charge in [-0.2, -0.15) is 0 Å². The Balaban J connectivity index is 1.65. The van der Waals surface area contributed by atoms with Crippen molar-refractivity contribution in [1.29, 1.82) is 0 Å². The summed E-state index contributed by atoms with van der Waals surface area (Å²) in [6.45, 7) is 2.32. The van der Waals surface area contributed by atoms with Gasteiger partial charge in [0.05, 0.1) is 13.2 Å². The highest BCUT2D eigenvalue weighted by atomic mass is 16.5. The van der Waals surface area contributed by atoms with Crippen molar-refractivity contribution in [1.82, 2.24) is 0 Å². The maximum atomic E-state index is 12.4. The van der Waals surface area contributed by atoms with Gasteiger partial charge in [0.15, 0.2) is 0 Å². The lowest BCUT2D eigenvalue weighted by molar-refractivity contribution is -0.117. The van der Waals surface area contributed by atoms with Crippen molar-refractivity contribution in [2.45, 2.75) is 25.9 Å². The predicted molar refractivity (Wildman–Crippen MR) is 89.5 cm³/mol. The third-order valence-electron chi connectivity index (χ3n) is 4.15. The van der Waals surface area contributed by atoms with E-state index in [0.29, 0.717) is 29.5 Å². The van der Waals surface area contributed by atoms with Crippen LogP contribution in [0, 0.1) is 5.92 Å². The minimum atomic E-state index is -0.116. The summed E-state index contributed by atoms with van der Waals surface area (Å²) >= 11 is 0. The molecular formula is C19H21NO3. The number of carbonyl (C=O) groups is 1. The highest BCUT2D eigenvalue weighted by molar-refractivity contribution is 5.95. The van der Waals surface area contributed by atoms with Gasteiger partial charge in [0.25, 0.3) is 0 Å². The number of aliphatic hydroxyl groups is 1. The number of anilines is 1. The standard InChI is InChI=1S/C19H21NO3/c1-2-23-18-9-8-15(10-14(18)12-21)20-19(22)17-11-16(17)13-6-4-3-5-7-13/h3-10,16-17,21H,2,11-12H2,1H3,(H,20,22). The van der Waals surface area contributed by atoms with Gasteiger partial charge in [-0.05, 0) is 43.0 Å². The molecule has 1 aliphatic carbocycles. The van der Waals surface area contributed by atoms with Crippen molar-refractivity contribution < 1.29 is 14.6 Å². The number of ether oxygens (including phenoxy) is 1. The first-order valence-corrected chi connectivity index (χ1v) is 7.95. The first-order valence-electron chi connectivity index (χ1n) is 7.95. The van der Waals surface area contributed by atoms with E-state index in [1.54, 1.807) is 12.1 Å². The van der Waals surface area contributed by atoms with Crippen LogP contribution in [0.5, 0.6) is 5.75 Å². The number of hydrogen-bond donors (Lipinski definition) is 2. The summed E-state index contributed by atoms with van der Waals surface area (Å²) in [5.41, 5.74) is 2.59. The van der Waals surface area contributed by atoms with Crippen molar-refractivity contribution in [2.24, 2.45) is 5.92 Å².